The molecule has 1 saturated carbocycles. The average Bonchev–Trinajstić information content (AvgIpc) is 3.44. The van der Waals surface area contributed by atoms with Gasteiger partial charge in [0.25, 0.3) is 5.91 Å². The van der Waals surface area contributed by atoms with E-state index in [0.717, 1.165) is 36.6 Å². The van der Waals surface area contributed by atoms with Crippen molar-refractivity contribution in [1.82, 2.24) is 9.88 Å². The van der Waals surface area contributed by atoms with Crippen molar-refractivity contribution in [2.45, 2.75) is 43.7 Å². The van der Waals surface area contributed by atoms with Crippen LogP contribution in [-0.4, -0.2) is 46.3 Å². The average molecular weight is 365 g/mol. The number of carbonyl (C=O) groups is 1. The maximum Gasteiger partial charge on any atom is 0.289 e. The van der Waals surface area contributed by atoms with Crippen molar-refractivity contribution >= 4 is 23.2 Å². The van der Waals surface area contributed by atoms with Crippen LogP contribution in [0, 0.1) is 0 Å². The Morgan fingerprint density at radius 3 is 3.00 bits per heavy atom. The molecule has 2 aromatic rings. The molecule has 7 heteroatoms. The highest BCUT2D eigenvalue weighted by Crippen LogP contribution is 2.36. The van der Waals surface area contributed by atoms with Gasteiger partial charge in [0.05, 0.1) is 24.5 Å². The number of likely N-dealkylation sites (tertiary alicyclic amines) is 1. The summed E-state index contributed by atoms with van der Waals surface area (Å²) in [6.07, 6.45) is 8.84. The highest BCUT2D eigenvalue weighted by molar-refractivity contribution is 6.09. The van der Waals surface area contributed by atoms with Gasteiger partial charge in [0, 0.05) is 12.7 Å². The van der Waals surface area contributed by atoms with Crippen molar-refractivity contribution in [3.05, 3.63) is 42.5 Å². The van der Waals surface area contributed by atoms with Crippen LogP contribution in [0.4, 0.5) is 11.5 Å². The predicted molar refractivity (Wildman–Crippen MR) is 103 cm³/mol. The van der Waals surface area contributed by atoms with Crippen molar-refractivity contribution in [1.29, 1.82) is 0 Å². The summed E-state index contributed by atoms with van der Waals surface area (Å²) in [6.45, 7) is 1.22. The predicted octanol–water partition coefficient (Wildman–Crippen LogP) is 3.14. The lowest BCUT2D eigenvalue weighted by Crippen LogP contribution is -2.55. The van der Waals surface area contributed by atoms with Crippen molar-refractivity contribution in [2.75, 3.05) is 23.7 Å². The van der Waals surface area contributed by atoms with Crippen LogP contribution in [0.3, 0.4) is 0 Å². The number of anilines is 2. The molecule has 5 rings (SSSR count). The van der Waals surface area contributed by atoms with Crippen molar-refractivity contribution in [3.8, 4) is 0 Å². The third-order valence-corrected chi connectivity index (χ3v) is 5.80. The second-order valence-electron chi connectivity index (χ2n) is 7.60. The van der Waals surface area contributed by atoms with E-state index in [4.69, 9.17) is 9.41 Å². The summed E-state index contributed by atoms with van der Waals surface area (Å²) in [5, 5.41) is 7.11. The number of nitrogens with one attached hydrogen (secondary N) is 2. The van der Waals surface area contributed by atoms with E-state index >= 15 is 0 Å². The summed E-state index contributed by atoms with van der Waals surface area (Å²) in [6, 6.07) is 7.74. The number of carbonyl (C=O) groups excluding carboxylic acids is 1. The molecule has 2 N–H and O–H groups in total. The lowest BCUT2D eigenvalue weighted by Gasteiger charge is -2.38. The first-order valence-electron chi connectivity index (χ1n) is 9.65. The van der Waals surface area contributed by atoms with Gasteiger partial charge in [0.2, 0.25) is 0 Å². The van der Waals surface area contributed by atoms with Gasteiger partial charge >= 0.3 is 0 Å². The number of pyridine rings is 1. The second kappa shape index (κ2) is 6.40. The van der Waals surface area contributed by atoms with Crippen LogP contribution in [0.1, 0.15) is 42.7 Å². The zero-order chi connectivity index (χ0) is 18.3. The largest absolute Gasteiger partial charge is 0.459 e. The molecule has 27 heavy (non-hydrogen) atoms. The summed E-state index contributed by atoms with van der Waals surface area (Å²) in [5.74, 6) is 2.02. The Bertz CT molecular complexity index is 872. The number of furan rings is 1. The minimum Gasteiger partial charge on any atom is -0.459 e. The monoisotopic (exact) mass is 365 g/mol. The molecule has 0 radical (unpaired) electrons. The van der Waals surface area contributed by atoms with E-state index in [0.29, 0.717) is 24.9 Å². The summed E-state index contributed by atoms with van der Waals surface area (Å²) in [5.41, 5.74) is 0.552. The van der Waals surface area contributed by atoms with Gasteiger partial charge in [-0.05, 0) is 43.5 Å². The van der Waals surface area contributed by atoms with E-state index < -0.39 is 5.54 Å². The number of aromatic nitrogens is 1. The molecular weight excluding hydrogens is 342 g/mol. The van der Waals surface area contributed by atoms with Gasteiger partial charge in [-0.2, -0.15) is 0 Å². The van der Waals surface area contributed by atoms with E-state index in [1.165, 1.54) is 19.1 Å². The van der Waals surface area contributed by atoms with E-state index in [1.807, 2.05) is 17.0 Å². The molecular formula is C20H23N5O2. The van der Waals surface area contributed by atoms with Gasteiger partial charge < -0.3 is 20.0 Å². The second-order valence-corrected chi connectivity index (χ2v) is 7.60. The lowest BCUT2D eigenvalue weighted by molar-refractivity contribution is 0.0757. The molecule has 1 amide bonds. The number of aliphatic imine (C=N–C) groups is 1. The fourth-order valence-electron chi connectivity index (χ4n) is 4.36. The van der Waals surface area contributed by atoms with Gasteiger partial charge in [0.1, 0.15) is 11.4 Å². The van der Waals surface area contributed by atoms with Crippen molar-refractivity contribution in [2.24, 2.45) is 4.99 Å². The maximum atomic E-state index is 12.8. The smallest absolute Gasteiger partial charge is 0.289 e. The fraction of sp³-hybridized carbons (Fsp3) is 0.450. The maximum absolute atomic E-state index is 12.8. The first-order chi connectivity index (χ1) is 13.2. The first kappa shape index (κ1) is 16.4. The molecule has 0 bridgehead atoms. The highest BCUT2D eigenvalue weighted by atomic mass is 16.3. The molecule has 140 valence electrons. The standard InChI is InChI=1S/C20H23N5O2/c26-18(16-8-4-12-27-16)25-11-9-20(13-25)19(22-14-5-1-2-6-14)23-17-15(24-20)7-3-10-21-17/h3-4,7-8,10,12,14,24H,1-2,5-6,9,11,13H2,(H,21,22,23). The molecule has 4 heterocycles. The Balaban J connectivity index is 1.47. The topological polar surface area (TPSA) is 82.8 Å². The highest BCUT2D eigenvalue weighted by Gasteiger charge is 2.47. The molecule has 2 aliphatic heterocycles. The molecule has 0 aromatic carbocycles. The zero-order valence-corrected chi connectivity index (χ0v) is 15.1. The van der Waals surface area contributed by atoms with E-state index in [1.54, 1.807) is 18.3 Å². The molecule has 1 aliphatic carbocycles. The molecule has 7 nitrogen and oxygen atoms in total. The summed E-state index contributed by atoms with van der Waals surface area (Å²) >= 11 is 0. The van der Waals surface area contributed by atoms with Crippen LogP contribution in [-0.2, 0) is 0 Å². The third-order valence-electron chi connectivity index (χ3n) is 5.80. The van der Waals surface area contributed by atoms with E-state index in [-0.39, 0.29) is 5.91 Å². The van der Waals surface area contributed by atoms with Gasteiger partial charge in [-0.25, -0.2) is 4.98 Å². The van der Waals surface area contributed by atoms with Gasteiger partial charge in [0.15, 0.2) is 11.6 Å². The Morgan fingerprint density at radius 2 is 2.19 bits per heavy atom. The molecule has 1 atom stereocenters. The Labute approximate surface area is 157 Å². The van der Waals surface area contributed by atoms with Crippen molar-refractivity contribution < 1.29 is 9.21 Å². The van der Waals surface area contributed by atoms with Crippen LogP contribution >= 0.6 is 0 Å². The first-order valence-corrected chi connectivity index (χ1v) is 9.65. The molecule has 3 aliphatic rings. The van der Waals surface area contributed by atoms with Gasteiger partial charge in [-0.15, -0.1) is 0 Å². The molecule has 1 saturated heterocycles. The van der Waals surface area contributed by atoms with Crippen LogP contribution < -0.4 is 10.6 Å². The van der Waals surface area contributed by atoms with Crippen LogP contribution in [0.5, 0.6) is 0 Å². The molecule has 2 aromatic heterocycles. The Morgan fingerprint density at radius 1 is 1.30 bits per heavy atom. The number of amidine groups is 1. The lowest BCUT2D eigenvalue weighted by atomic mass is 9.93. The number of nitrogens with zero attached hydrogens (tertiary/aromatic N) is 3. The number of hydrogen-bond acceptors (Lipinski definition) is 5. The molecule has 1 spiro atoms. The van der Waals surface area contributed by atoms with Crippen LogP contribution in [0.25, 0.3) is 0 Å². The number of amides is 1. The van der Waals surface area contributed by atoms with E-state index in [2.05, 4.69) is 15.6 Å². The SMILES string of the molecule is O=C(c1ccco1)N1CCC2(C1)Nc1cccnc1NC2=NC1CCCC1. The van der Waals surface area contributed by atoms with E-state index in [9.17, 15) is 4.79 Å². The normalized spacial score (nSPS) is 26.2. The zero-order valence-electron chi connectivity index (χ0n) is 15.1. The quantitative estimate of drug-likeness (QED) is 0.854. The van der Waals surface area contributed by atoms with Crippen LogP contribution in [0.15, 0.2) is 46.1 Å². The van der Waals surface area contributed by atoms with Gasteiger partial charge in [-0.3, -0.25) is 9.79 Å². The van der Waals surface area contributed by atoms with Gasteiger partial charge in [-0.1, -0.05) is 12.8 Å². The van der Waals surface area contributed by atoms with Crippen molar-refractivity contribution in [3.63, 3.8) is 0 Å². The molecule has 1 unspecified atom stereocenters. The number of fused-ring (bicyclic) bond motifs is 1. The Kier molecular flexibility index (Phi) is 3.88. The minimum absolute atomic E-state index is 0.0733. The number of hydrogen-bond donors (Lipinski definition) is 2. The minimum atomic E-state index is -0.402. The fourth-order valence-corrected chi connectivity index (χ4v) is 4.36. The summed E-state index contributed by atoms with van der Waals surface area (Å²) in [4.78, 5) is 24.1. The summed E-state index contributed by atoms with van der Waals surface area (Å²) in [7, 11) is 0. The summed E-state index contributed by atoms with van der Waals surface area (Å²) < 4.78 is 5.31. The molecule has 2 fully saturated rings. The third kappa shape index (κ3) is 2.87. The van der Waals surface area contributed by atoms with Crippen LogP contribution in [0.2, 0.25) is 0 Å². The Hall–Kier alpha value is -2.83. The number of rotatable bonds is 2.